The molecule has 0 unspecified atom stereocenters. The zero-order valence-corrected chi connectivity index (χ0v) is 20.1. The molecule has 1 aromatic heterocycles. The first-order valence-electron chi connectivity index (χ1n) is 11.7. The van der Waals surface area contributed by atoms with E-state index in [0.717, 1.165) is 61.9 Å². The van der Waals surface area contributed by atoms with Crippen molar-refractivity contribution in [3.05, 3.63) is 29.5 Å². The summed E-state index contributed by atoms with van der Waals surface area (Å²) in [6, 6.07) is 5.62. The van der Waals surface area contributed by atoms with E-state index in [1.165, 1.54) is 20.0 Å². The van der Waals surface area contributed by atoms with Crippen molar-refractivity contribution < 1.29 is 19.1 Å². The Morgan fingerprint density at radius 3 is 2.50 bits per heavy atom. The van der Waals surface area contributed by atoms with Gasteiger partial charge in [0.05, 0.1) is 23.9 Å². The van der Waals surface area contributed by atoms with Crippen LogP contribution in [0.2, 0.25) is 0 Å². The number of nitrogens with zero attached hydrogens (tertiary/aromatic N) is 3. The number of rotatable bonds is 7. The third kappa shape index (κ3) is 6.24. The number of amides is 1. The standard InChI is InChI=1S/C25H37N3O4/c1-18-21-11-10-20(23(29)31-5)17-22(21)28(26-18)14-8-6-7-9-19-12-15-27(16-13-19)24(30)32-25(2,3)4/h10-11,17,19H,6-9,12-16H2,1-5H3. The van der Waals surface area contributed by atoms with E-state index in [-0.39, 0.29) is 12.1 Å². The van der Waals surface area contributed by atoms with Crippen LogP contribution in [-0.4, -0.2) is 52.5 Å². The van der Waals surface area contributed by atoms with E-state index in [1.807, 2.05) is 49.4 Å². The van der Waals surface area contributed by atoms with E-state index >= 15 is 0 Å². The van der Waals surface area contributed by atoms with Crippen LogP contribution < -0.4 is 0 Å². The lowest BCUT2D eigenvalue weighted by atomic mass is 9.91. The average Bonchev–Trinajstić information content (AvgIpc) is 3.07. The second-order valence-corrected chi connectivity index (χ2v) is 9.79. The number of hydrogen-bond acceptors (Lipinski definition) is 5. The van der Waals surface area contributed by atoms with Crippen molar-refractivity contribution in [1.82, 2.24) is 14.7 Å². The predicted octanol–water partition coefficient (Wildman–Crippen LogP) is 5.34. The Kier molecular flexibility index (Phi) is 7.80. The van der Waals surface area contributed by atoms with E-state index in [4.69, 9.17) is 9.47 Å². The molecule has 32 heavy (non-hydrogen) atoms. The van der Waals surface area contributed by atoms with Gasteiger partial charge in [-0.15, -0.1) is 0 Å². The van der Waals surface area contributed by atoms with Gasteiger partial charge in [0.1, 0.15) is 5.60 Å². The minimum Gasteiger partial charge on any atom is -0.465 e. The highest BCUT2D eigenvalue weighted by atomic mass is 16.6. The molecule has 1 fully saturated rings. The number of carbonyl (C=O) groups is 2. The lowest BCUT2D eigenvalue weighted by Gasteiger charge is -2.33. The van der Waals surface area contributed by atoms with E-state index < -0.39 is 5.60 Å². The van der Waals surface area contributed by atoms with Gasteiger partial charge in [0.25, 0.3) is 0 Å². The van der Waals surface area contributed by atoms with Crippen molar-refractivity contribution in [2.45, 2.75) is 78.4 Å². The zero-order chi connectivity index (χ0) is 23.3. The first kappa shape index (κ1) is 24.1. The molecule has 0 saturated carbocycles. The van der Waals surface area contributed by atoms with Gasteiger partial charge < -0.3 is 14.4 Å². The van der Waals surface area contributed by atoms with Gasteiger partial charge in [0.2, 0.25) is 0 Å². The Hall–Kier alpha value is -2.57. The Balaban J connectivity index is 1.41. The van der Waals surface area contributed by atoms with Crippen LogP contribution in [0.15, 0.2) is 18.2 Å². The van der Waals surface area contributed by atoms with Gasteiger partial charge in [0, 0.05) is 25.0 Å². The van der Waals surface area contributed by atoms with Crippen LogP contribution in [0.25, 0.3) is 10.9 Å². The smallest absolute Gasteiger partial charge is 0.410 e. The number of aromatic nitrogens is 2. The number of likely N-dealkylation sites (tertiary alicyclic amines) is 1. The number of unbranched alkanes of at least 4 members (excludes halogenated alkanes) is 2. The molecule has 0 aliphatic carbocycles. The molecule has 2 heterocycles. The number of ether oxygens (including phenoxy) is 2. The fourth-order valence-electron chi connectivity index (χ4n) is 4.36. The van der Waals surface area contributed by atoms with Crippen molar-refractivity contribution >= 4 is 23.0 Å². The highest BCUT2D eigenvalue weighted by molar-refractivity contribution is 5.95. The van der Waals surface area contributed by atoms with Crippen LogP contribution in [0.3, 0.4) is 0 Å². The van der Waals surface area contributed by atoms with Gasteiger partial charge >= 0.3 is 12.1 Å². The fourth-order valence-corrected chi connectivity index (χ4v) is 4.36. The summed E-state index contributed by atoms with van der Waals surface area (Å²) in [6.07, 6.45) is 6.50. The van der Waals surface area contributed by atoms with Crippen LogP contribution in [-0.2, 0) is 16.0 Å². The van der Waals surface area contributed by atoms with Crippen LogP contribution in [0, 0.1) is 12.8 Å². The maximum Gasteiger partial charge on any atom is 0.410 e. The number of aryl methyl sites for hydroxylation is 2. The number of carbonyl (C=O) groups excluding carboxylic acids is 2. The molecule has 1 aromatic carbocycles. The second-order valence-electron chi connectivity index (χ2n) is 9.79. The van der Waals surface area contributed by atoms with Crippen molar-refractivity contribution in [2.75, 3.05) is 20.2 Å². The van der Waals surface area contributed by atoms with Crippen molar-refractivity contribution in [1.29, 1.82) is 0 Å². The van der Waals surface area contributed by atoms with Gasteiger partial charge in [0.15, 0.2) is 0 Å². The molecule has 0 atom stereocenters. The summed E-state index contributed by atoms with van der Waals surface area (Å²) in [7, 11) is 1.40. The number of methoxy groups -OCH3 is 1. The Bertz CT molecular complexity index is 937. The number of esters is 1. The predicted molar refractivity (Wildman–Crippen MR) is 125 cm³/mol. The van der Waals surface area contributed by atoms with Crippen LogP contribution in [0.4, 0.5) is 4.79 Å². The molecule has 7 nitrogen and oxygen atoms in total. The Morgan fingerprint density at radius 1 is 1.12 bits per heavy atom. The van der Waals surface area contributed by atoms with Crippen LogP contribution in [0.1, 0.15) is 75.3 Å². The Morgan fingerprint density at radius 2 is 1.84 bits per heavy atom. The first-order chi connectivity index (χ1) is 15.2. The van der Waals surface area contributed by atoms with E-state index in [0.29, 0.717) is 11.5 Å². The summed E-state index contributed by atoms with van der Waals surface area (Å²) in [5.41, 5.74) is 2.08. The number of piperidine rings is 1. The third-order valence-corrected chi connectivity index (χ3v) is 6.11. The van der Waals surface area contributed by atoms with Crippen molar-refractivity contribution in [2.24, 2.45) is 5.92 Å². The topological polar surface area (TPSA) is 73.7 Å². The summed E-state index contributed by atoms with van der Waals surface area (Å²) in [5, 5.41) is 5.75. The zero-order valence-electron chi connectivity index (χ0n) is 20.1. The summed E-state index contributed by atoms with van der Waals surface area (Å²) < 4.78 is 12.3. The van der Waals surface area contributed by atoms with Crippen LogP contribution in [0.5, 0.6) is 0 Å². The van der Waals surface area contributed by atoms with E-state index in [1.54, 1.807) is 6.07 Å². The molecule has 1 aliphatic heterocycles. The lowest BCUT2D eigenvalue weighted by molar-refractivity contribution is 0.0180. The van der Waals surface area contributed by atoms with E-state index in [9.17, 15) is 9.59 Å². The number of benzene rings is 1. The molecule has 176 valence electrons. The second kappa shape index (κ2) is 10.4. The molecule has 1 saturated heterocycles. The molecule has 3 rings (SSSR count). The summed E-state index contributed by atoms with van der Waals surface area (Å²) in [5.74, 6) is 0.360. The fraction of sp³-hybridized carbons (Fsp3) is 0.640. The molecule has 0 bridgehead atoms. The highest BCUT2D eigenvalue weighted by Crippen LogP contribution is 2.25. The van der Waals surface area contributed by atoms with Crippen molar-refractivity contribution in [3.63, 3.8) is 0 Å². The SMILES string of the molecule is COC(=O)c1ccc2c(C)nn(CCCCCC3CCN(C(=O)OC(C)(C)C)CC3)c2c1. The third-order valence-electron chi connectivity index (χ3n) is 6.11. The molecule has 7 heteroatoms. The first-order valence-corrected chi connectivity index (χ1v) is 11.7. The van der Waals surface area contributed by atoms with Gasteiger partial charge in [-0.05, 0) is 65.0 Å². The quantitative estimate of drug-likeness (QED) is 0.427. The molecule has 0 spiro atoms. The molecule has 1 amide bonds. The summed E-state index contributed by atoms with van der Waals surface area (Å²) >= 11 is 0. The van der Waals surface area contributed by atoms with Gasteiger partial charge in [-0.2, -0.15) is 5.10 Å². The number of fused-ring (bicyclic) bond motifs is 1. The average molecular weight is 444 g/mol. The van der Waals surface area contributed by atoms with Crippen molar-refractivity contribution in [3.8, 4) is 0 Å². The minimum atomic E-state index is -0.437. The monoisotopic (exact) mass is 443 g/mol. The molecule has 0 N–H and O–H groups in total. The molecule has 1 aliphatic rings. The van der Waals surface area contributed by atoms with Crippen LogP contribution >= 0.6 is 0 Å². The van der Waals surface area contributed by atoms with Gasteiger partial charge in [-0.3, -0.25) is 4.68 Å². The molecular formula is C25H37N3O4. The Labute approximate surface area is 191 Å². The largest absolute Gasteiger partial charge is 0.465 e. The molecular weight excluding hydrogens is 406 g/mol. The molecule has 0 radical (unpaired) electrons. The molecule has 2 aromatic rings. The summed E-state index contributed by atoms with van der Waals surface area (Å²) in [4.78, 5) is 25.9. The number of hydrogen-bond donors (Lipinski definition) is 0. The maximum atomic E-state index is 12.2. The normalized spacial score (nSPS) is 15.2. The van der Waals surface area contributed by atoms with Gasteiger partial charge in [-0.25, -0.2) is 9.59 Å². The minimum absolute atomic E-state index is 0.187. The lowest BCUT2D eigenvalue weighted by Crippen LogP contribution is -2.41. The van der Waals surface area contributed by atoms with E-state index in [2.05, 4.69) is 5.10 Å². The highest BCUT2D eigenvalue weighted by Gasteiger charge is 2.26. The summed E-state index contributed by atoms with van der Waals surface area (Å²) in [6.45, 7) is 10.1. The van der Waals surface area contributed by atoms with Gasteiger partial charge in [-0.1, -0.05) is 25.3 Å². The maximum absolute atomic E-state index is 12.2.